The van der Waals surface area contributed by atoms with Gasteiger partial charge >= 0.3 is 0 Å². The van der Waals surface area contributed by atoms with Crippen LogP contribution in [0.1, 0.15) is 19.3 Å². The summed E-state index contributed by atoms with van der Waals surface area (Å²) in [6.45, 7) is 0.900. The molecule has 1 unspecified atom stereocenters. The molecule has 1 aromatic carbocycles. The molecule has 0 radical (unpaired) electrons. The number of fused-ring (bicyclic) bond motifs is 1. The van der Waals surface area contributed by atoms with E-state index in [9.17, 15) is 14.0 Å². The van der Waals surface area contributed by atoms with E-state index in [0.717, 1.165) is 6.42 Å². The number of amides is 2. The normalized spacial score (nSPS) is 23.0. The summed E-state index contributed by atoms with van der Waals surface area (Å²) >= 11 is 5.84. The van der Waals surface area contributed by atoms with E-state index in [1.165, 1.54) is 17.0 Å². The lowest BCUT2D eigenvalue weighted by Gasteiger charge is -2.25. The number of anilines is 1. The molecule has 20 heavy (non-hydrogen) atoms. The Bertz CT molecular complexity index is 558. The second-order valence-corrected chi connectivity index (χ2v) is 5.55. The summed E-state index contributed by atoms with van der Waals surface area (Å²) in [6, 6.07) is 3.61. The fourth-order valence-electron chi connectivity index (χ4n) is 2.91. The van der Waals surface area contributed by atoms with Gasteiger partial charge in [0.2, 0.25) is 11.8 Å². The Labute approximate surface area is 121 Å². The third kappa shape index (κ3) is 2.26. The molecule has 2 amide bonds. The van der Waals surface area contributed by atoms with Gasteiger partial charge in [0, 0.05) is 30.2 Å². The molecule has 6 heteroatoms. The molecule has 0 spiro atoms. The Morgan fingerprint density at radius 3 is 2.75 bits per heavy atom. The molecule has 0 saturated carbocycles. The molecule has 0 aliphatic carbocycles. The van der Waals surface area contributed by atoms with Crippen LogP contribution < -0.4 is 4.90 Å². The SMILES string of the molecule is O=C1C2CCCN2C(=O)CCN1c1cc(F)cc(Cl)c1. The Kier molecular flexibility index (Phi) is 3.38. The summed E-state index contributed by atoms with van der Waals surface area (Å²) in [7, 11) is 0. The van der Waals surface area contributed by atoms with E-state index < -0.39 is 11.9 Å². The molecule has 2 aliphatic rings. The number of nitrogens with zero attached hydrogens (tertiary/aromatic N) is 2. The van der Waals surface area contributed by atoms with Crippen LogP contribution in [0.2, 0.25) is 5.02 Å². The number of carbonyl (C=O) groups is 2. The lowest BCUT2D eigenvalue weighted by molar-refractivity contribution is -0.135. The average Bonchev–Trinajstić information content (AvgIpc) is 2.82. The van der Waals surface area contributed by atoms with Crippen LogP contribution in [0.15, 0.2) is 18.2 Å². The number of rotatable bonds is 1. The standard InChI is InChI=1S/C14H14ClFN2O2/c15-9-6-10(16)8-11(7-9)17-5-3-13(19)18-4-1-2-12(18)14(17)20/h6-8,12H,1-5H2. The fourth-order valence-corrected chi connectivity index (χ4v) is 3.13. The lowest BCUT2D eigenvalue weighted by atomic mass is 10.2. The summed E-state index contributed by atoms with van der Waals surface area (Å²) in [5.41, 5.74) is 0.418. The number of hydrogen-bond acceptors (Lipinski definition) is 2. The molecule has 4 nitrogen and oxygen atoms in total. The zero-order valence-corrected chi connectivity index (χ0v) is 11.6. The fraction of sp³-hybridized carbons (Fsp3) is 0.429. The number of carbonyl (C=O) groups excluding carboxylic acids is 2. The van der Waals surface area contributed by atoms with Gasteiger partial charge in [-0.2, -0.15) is 0 Å². The highest BCUT2D eigenvalue weighted by Crippen LogP contribution is 2.28. The first-order valence-electron chi connectivity index (χ1n) is 6.63. The van der Waals surface area contributed by atoms with E-state index in [4.69, 9.17) is 11.6 Å². The molecule has 0 N–H and O–H groups in total. The van der Waals surface area contributed by atoms with Gasteiger partial charge in [-0.1, -0.05) is 11.6 Å². The molecule has 2 aliphatic heterocycles. The number of benzene rings is 1. The highest BCUT2D eigenvalue weighted by Gasteiger charge is 2.39. The summed E-state index contributed by atoms with van der Waals surface area (Å²) in [5.74, 6) is -0.639. The van der Waals surface area contributed by atoms with Gasteiger partial charge < -0.3 is 9.80 Å². The van der Waals surface area contributed by atoms with E-state index in [1.54, 1.807) is 11.0 Å². The van der Waals surface area contributed by atoms with Crippen LogP contribution in [0.25, 0.3) is 0 Å². The second kappa shape index (κ2) is 5.05. The maximum absolute atomic E-state index is 13.5. The second-order valence-electron chi connectivity index (χ2n) is 5.11. The third-order valence-electron chi connectivity index (χ3n) is 3.83. The smallest absolute Gasteiger partial charge is 0.249 e. The monoisotopic (exact) mass is 296 g/mol. The van der Waals surface area contributed by atoms with Gasteiger partial charge in [-0.15, -0.1) is 0 Å². The molecular weight excluding hydrogens is 283 g/mol. The Morgan fingerprint density at radius 1 is 1.20 bits per heavy atom. The molecule has 1 atom stereocenters. The topological polar surface area (TPSA) is 40.6 Å². The van der Waals surface area contributed by atoms with Crippen LogP contribution in [0.5, 0.6) is 0 Å². The molecule has 2 fully saturated rings. The Balaban J connectivity index is 1.96. The predicted octanol–water partition coefficient (Wildman–Crippen LogP) is 2.21. The van der Waals surface area contributed by atoms with E-state index in [0.29, 0.717) is 18.7 Å². The molecule has 106 valence electrons. The Morgan fingerprint density at radius 2 is 2.00 bits per heavy atom. The van der Waals surface area contributed by atoms with Crippen molar-refractivity contribution in [3.05, 3.63) is 29.0 Å². The first kappa shape index (κ1) is 13.4. The van der Waals surface area contributed by atoms with Crippen LogP contribution in [-0.2, 0) is 9.59 Å². The Hall–Kier alpha value is -1.62. The van der Waals surface area contributed by atoms with E-state index in [2.05, 4.69) is 0 Å². The van der Waals surface area contributed by atoms with Crippen molar-refractivity contribution in [1.82, 2.24) is 4.90 Å². The molecule has 2 heterocycles. The zero-order valence-electron chi connectivity index (χ0n) is 10.8. The summed E-state index contributed by atoms with van der Waals surface area (Å²) in [6.07, 6.45) is 1.76. The maximum atomic E-state index is 13.5. The summed E-state index contributed by atoms with van der Waals surface area (Å²) in [4.78, 5) is 27.7. The third-order valence-corrected chi connectivity index (χ3v) is 4.05. The van der Waals surface area contributed by atoms with Gasteiger partial charge in [0.25, 0.3) is 0 Å². The number of hydrogen-bond donors (Lipinski definition) is 0. The minimum absolute atomic E-state index is 0.00847. The minimum Gasteiger partial charge on any atom is -0.331 e. The van der Waals surface area contributed by atoms with Crippen molar-refractivity contribution >= 4 is 29.1 Å². The van der Waals surface area contributed by atoms with Crippen LogP contribution in [-0.4, -0.2) is 35.8 Å². The number of halogens is 2. The minimum atomic E-state index is -0.487. The van der Waals surface area contributed by atoms with Crippen molar-refractivity contribution in [2.24, 2.45) is 0 Å². The molecule has 0 bridgehead atoms. The van der Waals surface area contributed by atoms with Gasteiger partial charge in [-0.05, 0) is 31.0 Å². The van der Waals surface area contributed by atoms with Crippen LogP contribution in [0.3, 0.4) is 0 Å². The van der Waals surface area contributed by atoms with Gasteiger partial charge in [-0.25, -0.2) is 4.39 Å². The summed E-state index contributed by atoms with van der Waals surface area (Å²) < 4.78 is 13.5. The van der Waals surface area contributed by atoms with Gasteiger partial charge in [-0.3, -0.25) is 9.59 Å². The van der Waals surface area contributed by atoms with Crippen molar-refractivity contribution in [1.29, 1.82) is 0 Å². The molecule has 2 saturated heterocycles. The van der Waals surface area contributed by atoms with Crippen molar-refractivity contribution in [3.63, 3.8) is 0 Å². The van der Waals surface area contributed by atoms with Crippen LogP contribution in [0, 0.1) is 5.82 Å². The summed E-state index contributed by atoms with van der Waals surface area (Å²) in [5, 5.41) is 0.242. The molecule has 1 aromatic rings. The highest BCUT2D eigenvalue weighted by atomic mass is 35.5. The maximum Gasteiger partial charge on any atom is 0.249 e. The van der Waals surface area contributed by atoms with Crippen molar-refractivity contribution in [3.8, 4) is 0 Å². The quantitative estimate of drug-likeness (QED) is 0.797. The van der Waals surface area contributed by atoms with E-state index in [-0.39, 0.29) is 29.8 Å². The average molecular weight is 297 g/mol. The highest BCUT2D eigenvalue weighted by molar-refractivity contribution is 6.31. The van der Waals surface area contributed by atoms with Gasteiger partial charge in [0.05, 0.1) is 0 Å². The molecular formula is C14H14ClFN2O2. The van der Waals surface area contributed by atoms with Crippen LogP contribution >= 0.6 is 11.6 Å². The van der Waals surface area contributed by atoms with Crippen molar-refractivity contribution in [2.75, 3.05) is 18.0 Å². The first-order chi connectivity index (χ1) is 9.56. The van der Waals surface area contributed by atoms with Gasteiger partial charge in [0.15, 0.2) is 0 Å². The predicted molar refractivity (Wildman–Crippen MR) is 73.1 cm³/mol. The van der Waals surface area contributed by atoms with E-state index >= 15 is 0 Å². The van der Waals surface area contributed by atoms with Crippen molar-refractivity contribution < 1.29 is 14.0 Å². The molecule has 3 rings (SSSR count). The van der Waals surface area contributed by atoms with Crippen molar-refractivity contribution in [2.45, 2.75) is 25.3 Å². The van der Waals surface area contributed by atoms with Gasteiger partial charge in [0.1, 0.15) is 11.9 Å². The zero-order chi connectivity index (χ0) is 14.3. The lowest BCUT2D eigenvalue weighted by Crippen LogP contribution is -2.43. The largest absolute Gasteiger partial charge is 0.331 e. The van der Waals surface area contributed by atoms with E-state index in [1.807, 2.05) is 0 Å². The van der Waals surface area contributed by atoms with Crippen LogP contribution in [0.4, 0.5) is 10.1 Å². The first-order valence-corrected chi connectivity index (χ1v) is 7.01. The molecule has 0 aromatic heterocycles.